The van der Waals surface area contributed by atoms with Crippen LogP contribution in [0.2, 0.25) is 0 Å². The number of aliphatic hydroxyl groups is 3. The van der Waals surface area contributed by atoms with E-state index in [1.54, 1.807) is 12.1 Å². The number of aliphatic hydroxyl groups excluding tert-OH is 3. The summed E-state index contributed by atoms with van der Waals surface area (Å²) in [6, 6.07) is 7.97. The van der Waals surface area contributed by atoms with E-state index in [1.807, 2.05) is 24.3 Å². The molecule has 1 aliphatic carbocycles. The minimum Gasteiger partial charge on any atom is -0.479 e. The van der Waals surface area contributed by atoms with Gasteiger partial charge in [-0.2, -0.15) is 54.0 Å². The van der Waals surface area contributed by atoms with Crippen molar-refractivity contribution < 1.29 is 35.1 Å². The van der Waals surface area contributed by atoms with E-state index in [0.29, 0.717) is 0 Å². The van der Waals surface area contributed by atoms with Gasteiger partial charge < -0.3 is 25.5 Å². The third-order valence-electron chi connectivity index (χ3n) is 3.50. The number of carboxylic acid groups (broad SMARTS) is 2. The number of hydrogen-bond acceptors (Lipinski definition) is 7. The van der Waals surface area contributed by atoms with E-state index in [2.05, 4.69) is 0 Å². The zero-order valence-corrected chi connectivity index (χ0v) is 18.4. The molecule has 2 rings (SSSR count). The van der Waals surface area contributed by atoms with Gasteiger partial charge in [-0.25, -0.2) is 14.6 Å². The Hall–Kier alpha value is -0.640. The molecule has 160 valence electrons. The Kier molecular flexibility index (Phi) is 19.2. The Labute approximate surface area is 184 Å². The summed E-state index contributed by atoms with van der Waals surface area (Å²) in [5.41, 5.74) is 2.22. The fraction of sp³-hybridized carbons (Fsp3) is 0.429. The molecule has 0 aliphatic heterocycles. The van der Waals surface area contributed by atoms with Crippen LogP contribution in [0.25, 0.3) is 0 Å². The molecule has 0 bridgehead atoms. The Bertz CT molecular complexity index is 562. The van der Waals surface area contributed by atoms with Crippen LogP contribution >= 0.6 is 54.0 Å². The number of nitrogens with zero attached hydrogens (tertiary/aromatic N) is 1. The van der Waals surface area contributed by atoms with Crippen LogP contribution in [0.5, 0.6) is 0 Å². The lowest BCUT2D eigenvalue weighted by Gasteiger charge is -2.21. The van der Waals surface area contributed by atoms with E-state index in [-0.39, 0.29) is 60.0 Å². The molecule has 4 atom stereocenters. The molecule has 1 aromatic carbocycles. The van der Waals surface area contributed by atoms with E-state index < -0.39 is 30.3 Å². The van der Waals surface area contributed by atoms with Gasteiger partial charge in [0.25, 0.3) is 0 Å². The molecule has 0 radical (unpaired) electrons. The molecule has 4 unspecified atom stereocenters. The molecule has 0 amide bonds. The third kappa shape index (κ3) is 9.40. The fourth-order valence-electron chi connectivity index (χ4n) is 2.19. The maximum Gasteiger partial charge on any atom is 0.335 e. The zero-order chi connectivity index (χ0) is 17.7. The summed E-state index contributed by atoms with van der Waals surface area (Å²) in [5, 5.41) is 44.0. The van der Waals surface area contributed by atoms with Crippen LogP contribution in [0.1, 0.15) is 17.2 Å². The summed E-state index contributed by atoms with van der Waals surface area (Å²) in [4.78, 5) is 19.5. The number of nitrogens with two attached hydrogens (primary N) is 1. The second kappa shape index (κ2) is 15.3. The average molecular weight is 465 g/mol. The SMILES string of the molecule is CN(N)C1Cc2ccccc2C1O.O=C(O)C(O)C(O)C(=O)O.S.S.S.S. The molecular weight excluding hydrogens is 436 g/mol. The second-order valence-electron chi connectivity index (χ2n) is 5.15. The lowest BCUT2D eigenvalue weighted by molar-refractivity contribution is -0.165. The number of hydrogen-bond donors (Lipinski definition) is 6. The quantitative estimate of drug-likeness (QED) is 0.237. The first-order chi connectivity index (χ1) is 10.7. The number of carboxylic acids is 2. The maximum atomic E-state index is 9.89. The van der Waals surface area contributed by atoms with Crippen molar-refractivity contribution in [2.24, 2.45) is 5.84 Å². The molecule has 1 aromatic rings. The van der Waals surface area contributed by atoms with Gasteiger partial charge in [-0.05, 0) is 17.5 Å². The minimum atomic E-state index is -2.27. The lowest BCUT2D eigenvalue weighted by atomic mass is 10.1. The zero-order valence-electron chi connectivity index (χ0n) is 14.4. The van der Waals surface area contributed by atoms with Crippen molar-refractivity contribution in [1.29, 1.82) is 0 Å². The number of benzene rings is 1. The van der Waals surface area contributed by atoms with E-state index in [4.69, 9.17) is 26.3 Å². The van der Waals surface area contributed by atoms with E-state index in [9.17, 15) is 14.7 Å². The molecule has 0 heterocycles. The summed E-state index contributed by atoms with van der Waals surface area (Å²) in [6.07, 6.45) is -4.13. The highest BCUT2D eigenvalue weighted by molar-refractivity contribution is 7.59. The Balaban J connectivity index is -0.000000176. The topological polar surface area (TPSA) is 165 Å². The first-order valence-electron chi connectivity index (χ1n) is 6.72. The van der Waals surface area contributed by atoms with E-state index in [1.165, 1.54) is 5.56 Å². The highest BCUT2D eigenvalue weighted by atomic mass is 32.1. The van der Waals surface area contributed by atoms with Gasteiger partial charge in [0.2, 0.25) is 0 Å². The van der Waals surface area contributed by atoms with E-state index in [0.717, 1.165) is 12.0 Å². The maximum absolute atomic E-state index is 9.89. The Morgan fingerprint density at radius 2 is 1.44 bits per heavy atom. The second-order valence-corrected chi connectivity index (χ2v) is 5.15. The Morgan fingerprint density at radius 3 is 1.78 bits per heavy atom. The van der Waals surface area contributed by atoms with E-state index >= 15 is 0 Å². The van der Waals surface area contributed by atoms with Crippen molar-refractivity contribution in [3.8, 4) is 0 Å². The summed E-state index contributed by atoms with van der Waals surface area (Å²) < 4.78 is 0. The predicted octanol–water partition coefficient (Wildman–Crippen LogP) is -1.22. The molecule has 0 saturated carbocycles. The van der Waals surface area contributed by atoms with Gasteiger partial charge in [-0.15, -0.1) is 0 Å². The van der Waals surface area contributed by atoms with Crippen molar-refractivity contribution in [2.75, 3.05) is 7.05 Å². The molecule has 13 heteroatoms. The molecule has 1 aliphatic rings. The van der Waals surface area contributed by atoms with Gasteiger partial charge in [0.1, 0.15) is 0 Å². The van der Waals surface area contributed by atoms with Crippen LogP contribution < -0.4 is 5.84 Å². The highest BCUT2D eigenvalue weighted by Crippen LogP contribution is 2.32. The van der Waals surface area contributed by atoms with Crippen molar-refractivity contribution >= 4 is 65.9 Å². The predicted molar refractivity (Wildman–Crippen MR) is 120 cm³/mol. The summed E-state index contributed by atoms with van der Waals surface area (Å²) in [7, 11) is 1.79. The van der Waals surface area contributed by atoms with Gasteiger partial charge in [0.05, 0.1) is 12.1 Å². The molecule has 0 fully saturated rings. The normalized spacial score (nSPS) is 18.6. The number of rotatable bonds is 4. The number of hydrazine groups is 1. The molecule has 7 N–H and O–H groups in total. The largest absolute Gasteiger partial charge is 0.479 e. The number of likely N-dealkylation sites (N-methyl/N-ethyl adjacent to an activating group) is 1. The third-order valence-corrected chi connectivity index (χ3v) is 3.50. The van der Waals surface area contributed by atoms with Gasteiger partial charge in [-0.1, -0.05) is 24.3 Å². The first-order valence-corrected chi connectivity index (χ1v) is 6.72. The van der Waals surface area contributed by atoms with Crippen molar-refractivity contribution in [1.82, 2.24) is 5.01 Å². The monoisotopic (exact) mass is 464 g/mol. The van der Waals surface area contributed by atoms with Gasteiger partial charge in [-0.3, -0.25) is 5.84 Å². The molecule has 0 aromatic heterocycles. The standard InChI is InChI=1S/C10H14N2O.C4H6O6.4H2S/c1-12(11)9-6-7-4-2-3-5-8(7)10(9)13;5-1(3(7)8)2(6)4(9)10;;;;/h2-5,9-10,13H,6,11H2,1H3;1-2,5-6H,(H,7,8)(H,9,10);4*1H2. The number of aliphatic carboxylic acids is 2. The number of fused-ring (bicyclic) bond motifs is 1. The lowest BCUT2D eigenvalue weighted by Crippen LogP contribution is -2.40. The first kappa shape index (κ1) is 33.9. The molecule has 0 spiro atoms. The molecular formula is C14H28N2O7S4. The summed E-state index contributed by atoms with van der Waals surface area (Å²) in [6.45, 7) is 0. The minimum absolute atomic E-state index is 0. The van der Waals surface area contributed by atoms with Crippen LogP contribution in [0.3, 0.4) is 0 Å². The van der Waals surface area contributed by atoms with Crippen molar-refractivity contribution in [3.63, 3.8) is 0 Å². The van der Waals surface area contributed by atoms with Crippen molar-refractivity contribution in [3.05, 3.63) is 35.4 Å². The molecule has 27 heavy (non-hydrogen) atoms. The Morgan fingerprint density at radius 1 is 1.04 bits per heavy atom. The highest BCUT2D eigenvalue weighted by Gasteiger charge is 2.32. The van der Waals surface area contributed by atoms with Crippen molar-refractivity contribution in [2.45, 2.75) is 30.8 Å². The van der Waals surface area contributed by atoms with Gasteiger partial charge in [0.15, 0.2) is 12.2 Å². The van der Waals surface area contributed by atoms with Crippen LogP contribution in [0.15, 0.2) is 24.3 Å². The van der Waals surface area contributed by atoms with Crippen LogP contribution in [0, 0.1) is 0 Å². The summed E-state index contributed by atoms with van der Waals surface area (Å²) in [5.74, 6) is 2.10. The van der Waals surface area contributed by atoms with Crippen LogP contribution in [0.4, 0.5) is 0 Å². The molecule has 0 saturated heterocycles. The van der Waals surface area contributed by atoms with Gasteiger partial charge >= 0.3 is 11.9 Å². The summed E-state index contributed by atoms with van der Waals surface area (Å²) >= 11 is 0. The van der Waals surface area contributed by atoms with Crippen LogP contribution in [-0.2, 0) is 16.0 Å². The average Bonchev–Trinajstić information content (AvgIpc) is 2.84. The van der Waals surface area contributed by atoms with Gasteiger partial charge in [0, 0.05) is 7.05 Å². The smallest absolute Gasteiger partial charge is 0.335 e. The fourth-order valence-corrected chi connectivity index (χ4v) is 2.19. The molecule has 9 nitrogen and oxygen atoms in total. The van der Waals surface area contributed by atoms with Crippen LogP contribution in [-0.4, -0.2) is 67.8 Å². The number of carbonyl (C=O) groups is 2.